The van der Waals surface area contributed by atoms with E-state index in [1.165, 1.54) is 12.8 Å². The van der Waals surface area contributed by atoms with Crippen LogP contribution in [0.25, 0.3) is 0 Å². The van der Waals surface area contributed by atoms with Crippen LogP contribution < -0.4 is 4.74 Å². The minimum atomic E-state index is 0.374. The van der Waals surface area contributed by atoms with Gasteiger partial charge in [0.25, 0.3) is 0 Å². The number of hydrogen-bond donors (Lipinski definition) is 0. The Hall–Kier alpha value is -1.94. The van der Waals surface area contributed by atoms with Gasteiger partial charge in [0, 0.05) is 25.0 Å². The Kier molecular flexibility index (Phi) is 4.15. The van der Waals surface area contributed by atoms with E-state index in [1.54, 1.807) is 13.3 Å². The zero-order valence-electron chi connectivity index (χ0n) is 12.6. The fourth-order valence-electron chi connectivity index (χ4n) is 2.81. The normalized spacial score (nSPS) is 16.0. The van der Waals surface area contributed by atoms with E-state index in [1.807, 2.05) is 24.4 Å². The van der Waals surface area contributed by atoms with E-state index in [2.05, 4.69) is 34.0 Å². The fraction of sp³-hybridized carbons (Fsp3) is 0.412. The minimum Gasteiger partial charge on any atom is -0.497 e. The third-order valence-corrected chi connectivity index (χ3v) is 3.97. The molecular formula is C17H21N3O. The smallest absolute Gasteiger partial charge is 0.122 e. The molecule has 110 valence electrons. The van der Waals surface area contributed by atoms with Gasteiger partial charge in [-0.2, -0.15) is 0 Å². The Morgan fingerprint density at radius 2 is 2.10 bits per heavy atom. The standard InChI is InChI=1S/C17H21N3O/c1-20(12-14-11-15(21-2)8-10-18-14)17(13-6-7-13)16-5-3-4-9-19-16/h3-5,8-11,13,17H,6-7,12H2,1-2H3/t17-/m0/s1. The first-order chi connectivity index (χ1) is 10.3. The van der Waals surface area contributed by atoms with Gasteiger partial charge in [-0.15, -0.1) is 0 Å². The number of ether oxygens (including phenoxy) is 1. The molecule has 0 bridgehead atoms. The van der Waals surface area contributed by atoms with Crippen molar-refractivity contribution < 1.29 is 4.74 Å². The molecule has 4 nitrogen and oxygen atoms in total. The van der Waals surface area contributed by atoms with E-state index >= 15 is 0 Å². The molecular weight excluding hydrogens is 262 g/mol. The van der Waals surface area contributed by atoms with Gasteiger partial charge < -0.3 is 4.74 Å². The molecule has 0 amide bonds. The molecule has 21 heavy (non-hydrogen) atoms. The summed E-state index contributed by atoms with van der Waals surface area (Å²) in [4.78, 5) is 11.3. The molecule has 1 aliphatic carbocycles. The molecule has 0 radical (unpaired) electrons. The molecule has 1 aliphatic rings. The maximum absolute atomic E-state index is 5.27. The lowest BCUT2D eigenvalue weighted by molar-refractivity contribution is 0.205. The summed E-state index contributed by atoms with van der Waals surface area (Å²) in [6.07, 6.45) is 6.26. The number of nitrogens with zero attached hydrogens (tertiary/aromatic N) is 3. The average molecular weight is 283 g/mol. The van der Waals surface area contributed by atoms with E-state index in [4.69, 9.17) is 4.74 Å². The molecule has 2 aromatic rings. The summed E-state index contributed by atoms with van der Waals surface area (Å²) in [5.41, 5.74) is 2.18. The molecule has 2 heterocycles. The van der Waals surface area contributed by atoms with Gasteiger partial charge >= 0.3 is 0 Å². The molecule has 1 atom stereocenters. The topological polar surface area (TPSA) is 38.2 Å². The summed E-state index contributed by atoms with van der Waals surface area (Å²) in [7, 11) is 3.84. The lowest BCUT2D eigenvalue weighted by atomic mass is 10.1. The van der Waals surface area contributed by atoms with Crippen molar-refractivity contribution in [2.45, 2.75) is 25.4 Å². The van der Waals surface area contributed by atoms with Crippen LogP contribution >= 0.6 is 0 Å². The van der Waals surface area contributed by atoms with Gasteiger partial charge in [0.1, 0.15) is 5.75 Å². The van der Waals surface area contributed by atoms with E-state index in [0.717, 1.165) is 29.6 Å². The maximum Gasteiger partial charge on any atom is 0.122 e. The lowest BCUT2D eigenvalue weighted by Gasteiger charge is -2.27. The average Bonchev–Trinajstić information content (AvgIpc) is 3.33. The number of aromatic nitrogens is 2. The lowest BCUT2D eigenvalue weighted by Crippen LogP contribution is -2.27. The SMILES string of the molecule is COc1ccnc(CN(C)[C@H](c2ccccn2)C2CC2)c1. The Balaban J connectivity index is 1.77. The first-order valence-corrected chi connectivity index (χ1v) is 7.38. The van der Waals surface area contributed by atoms with Gasteiger partial charge in [-0.3, -0.25) is 14.9 Å². The fourth-order valence-corrected chi connectivity index (χ4v) is 2.81. The monoisotopic (exact) mass is 283 g/mol. The van der Waals surface area contributed by atoms with Crippen molar-refractivity contribution in [2.24, 2.45) is 5.92 Å². The molecule has 0 aliphatic heterocycles. The molecule has 0 N–H and O–H groups in total. The molecule has 2 aromatic heterocycles. The Morgan fingerprint density at radius 3 is 2.76 bits per heavy atom. The summed E-state index contributed by atoms with van der Waals surface area (Å²) in [5, 5.41) is 0. The quantitative estimate of drug-likeness (QED) is 0.816. The highest BCUT2D eigenvalue weighted by Gasteiger charge is 2.35. The second-order valence-electron chi connectivity index (χ2n) is 5.64. The first kappa shape index (κ1) is 14.0. The predicted molar refractivity (Wildman–Crippen MR) is 82.0 cm³/mol. The largest absolute Gasteiger partial charge is 0.497 e. The zero-order valence-corrected chi connectivity index (χ0v) is 12.6. The third-order valence-electron chi connectivity index (χ3n) is 3.97. The van der Waals surface area contributed by atoms with Gasteiger partial charge in [-0.05, 0) is 44.0 Å². The van der Waals surface area contributed by atoms with Crippen molar-refractivity contribution in [3.63, 3.8) is 0 Å². The Morgan fingerprint density at radius 1 is 1.24 bits per heavy atom. The molecule has 0 unspecified atom stereocenters. The number of pyridine rings is 2. The molecule has 0 spiro atoms. The van der Waals surface area contributed by atoms with E-state index < -0.39 is 0 Å². The zero-order chi connectivity index (χ0) is 14.7. The highest BCUT2D eigenvalue weighted by molar-refractivity contribution is 5.22. The summed E-state index contributed by atoms with van der Waals surface area (Å²) in [6, 6.07) is 10.4. The first-order valence-electron chi connectivity index (χ1n) is 7.38. The van der Waals surface area contributed by atoms with Gasteiger partial charge in [0.05, 0.1) is 24.5 Å². The van der Waals surface area contributed by atoms with Crippen LogP contribution in [0.2, 0.25) is 0 Å². The van der Waals surface area contributed by atoms with Crippen molar-refractivity contribution in [3.8, 4) is 5.75 Å². The summed E-state index contributed by atoms with van der Waals surface area (Å²) in [5.74, 6) is 1.57. The van der Waals surface area contributed by atoms with Crippen LogP contribution in [0, 0.1) is 5.92 Å². The van der Waals surface area contributed by atoms with Crippen molar-refractivity contribution in [3.05, 3.63) is 54.1 Å². The van der Waals surface area contributed by atoms with Crippen LogP contribution in [0.3, 0.4) is 0 Å². The summed E-state index contributed by atoms with van der Waals surface area (Å²) in [6.45, 7) is 0.801. The van der Waals surface area contributed by atoms with Gasteiger partial charge in [0.15, 0.2) is 0 Å². The second kappa shape index (κ2) is 6.22. The second-order valence-corrected chi connectivity index (χ2v) is 5.64. The number of rotatable bonds is 6. The van der Waals surface area contributed by atoms with Crippen LogP contribution in [-0.4, -0.2) is 29.0 Å². The molecule has 4 heteroatoms. The van der Waals surface area contributed by atoms with Crippen molar-refractivity contribution in [1.29, 1.82) is 0 Å². The van der Waals surface area contributed by atoms with Gasteiger partial charge in [0.2, 0.25) is 0 Å². The van der Waals surface area contributed by atoms with E-state index in [0.29, 0.717) is 6.04 Å². The number of hydrogen-bond acceptors (Lipinski definition) is 4. The van der Waals surface area contributed by atoms with Crippen LogP contribution in [0.4, 0.5) is 0 Å². The molecule has 0 aromatic carbocycles. The van der Waals surface area contributed by atoms with Crippen LogP contribution in [0.5, 0.6) is 5.75 Å². The Labute approximate surface area is 125 Å². The van der Waals surface area contributed by atoms with Crippen LogP contribution in [-0.2, 0) is 6.54 Å². The summed E-state index contributed by atoms with van der Waals surface area (Å²) < 4.78 is 5.27. The molecule has 0 saturated heterocycles. The van der Waals surface area contributed by atoms with Crippen molar-refractivity contribution >= 4 is 0 Å². The molecule has 3 rings (SSSR count). The molecule has 1 fully saturated rings. The van der Waals surface area contributed by atoms with Gasteiger partial charge in [-0.1, -0.05) is 6.07 Å². The van der Waals surface area contributed by atoms with Crippen LogP contribution in [0.1, 0.15) is 30.3 Å². The third kappa shape index (κ3) is 3.39. The maximum atomic E-state index is 5.27. The van der Waals surface area contributed by atoms with Gasteiger partial charge in [-0.25, -0.2) is 0 Å². The highest BCUT2D eigenvalue weighted by atomic mass is 16.5. The van der Waals surface area contributed by atoms with E-state index in [-0.39, 0.29) is 0 Å². The number of methoxy groups -OCH3 is 1. The Bertz CT molecular complexity index is 584. The van der Waals surface area contributed by atoms with E-state index in [9.17, 15) is 0 Å². The van der Waals surface area contributed by atoms with Crippen LogP contribution in [0.15, 0.2) is 42.7 Å². The molecule has 1 saturated carbocycles. The predicted octanol–water partition coefficient (Wildman–Crippen LogP) is 3.07. The summed E-state index contributed by atoms with van der Waals surface area (Å²) >= 11 is 0. The minimum absolute atomic E-state index is 0.374. The van der Waals surface area contributed by atoms with Crippen molar-refractivity contribution in [1.82, 2.24) is 14.9 Å². The van der Waals surface area contributed by atoms with Crippen molar-refractivity contribution in [2.75, 3.05) is 14.2 Å². The highest BCUT2D eigenvalue weighted by Crippen LogP contribution is 2.43.